The second-order valence-electron chi connectivity index (χ2n) is 4.93. The summed E-state index contributed by atoms with van der Waals surface area (Å²) in [7, 11) is -1.30. The van der Waals surface area contributed by atoms with Crippen molar-refractivity contribution < 1.29 is 8.42 Å². The standard InChI is InChI=1S/C11H22N2O2S2/c1-13(11-5-7-16-9-11)17(14,15)8-2-6-12-10-3-4-10/h10-12H,2-9H2,1H3. The molecule has 2 aliphatic rings. The molecule has 0 radical (unpaired) electrons. The van der Waals surface area contributed by atoms with Gasteiger partial charge in [0.05, 0.1) is 5.75 Å². The minimum Gasteiger partial charge on any atom is -0.314 e. The third-order valence-corrected chi connectivity index (χ3v) is 6.57. The molecule has 0 aromatic heterocycles. The Morgan fingerprint density at radius 2 is 2.12 bits per heavy atom. The van der Waals surface area contributed by atoms with Crippen molar-refractivity contribution in [3.63, 3.8) is 0 Å². The van der Waals surface area contributed by atoms with Gasteiger partial charge in [0.2, 0.25) is 10.0 Å². The maximum atomic E-state index is 12.1. The minimum atomic E-state index is -3.04. The molecule has 1 unspecified atom stereocenters. The number of rotatable bonds is 7. The topological polar surface area (TPSA) is 49.4 Å². The molecular weight excluding hydrogens is 256 g/mol. The zero-order valence-electron chi connectivity index (χ0n) is 10.4. The summed E-state index contributed by atoms with van der Waals surface area (Å²) in [5.41, 5.74) is 0. The molecule has 4 nitrogen and oxygen atoms in total. The monoisotopic (exact) mass is 278 g/mol. The van der Waals surface area contributed by atoms with Crippen LogP contribution in [0.15, 0.2) is 0 Å². The molecule has 1 heterocycles. The number of hydrogen-bond acceptors (Lipinski definition) is 4. The van der Waals surface area contributed by atoms with Crippen molar-refractivity contribution >= 4 is 21.8 Å². The van der Waals surface area contributed by atoms with Gasteiger partial charge in [-0.25, -0.2) is 12.7 Å². The van der Waals surface area contributed by atoms with Crippen molar-refractivity contribution in [2.75, 3.05) is 30.9 Å². The Kier molecular flexibility index (Phi) is 4.74. The Balaban J connectivity index is 1.71. The van der Waals surface area contributed by atoms with Crippen LogP contribution in [-0.4, -0.2) is 55.7 Å². The van der Waals surface area contributed by atoms with Crippen molar-refractivity contribution in [2.45, 2.75) is 37.8 Å². The normalized spacial score (nSPS) is 25.6. The molecule has 0 spiro atoms. The summed E-state index contributed by atoms with van der Waals surface area (Å²) in [6, 6.07) is 0.892. The van der Waals surface area contributed by atoms with Crippen LogP contribution in [0.5, 0.6) is 0 Å². The lowest BCUT2D eigenvalue weighted by molar-refractivity contribution is 0.393. The van der Waals surface area contributed by atoms with Crippen LogP contribution in [-0.2, 0) is 10.0 Å². The van der Waals surface area contributed by atoms with E-state index in [-0.39, 0.29) is 11.8 Å². The minimum absolute atomic E-state index is 0.224. The Morgan fingerprint density at radius 1 is 1.35 bits per heavy atom. The van der Waals surface area contributed by atoms with Crippen LogP contribution in [0.25, 0.3) is 0 Å². The van der Waals surface area contributed by atoms with Gasteiger partial charge in [0, 0.05) is 24.9 Å². The zero-order valence-corrected chi connectivity index (χ0v) is 12.0. The maximum absolute atomic E-state index is 12.1. The lowest BCUT2D eigenvalue weighted by Gasteiger charge is -2.23. The lowest BCUT2D eigenvalue weighted by atomic mass is 10.3. The third-order valence-electron chi connectivity index (χ3n) is 3.45. The first kappa shape index (κ1) is 13.6. The number of hydrogen-bond donors (Lipinski definition) is 1. The first-order valence-corrected chi connectivity index (χ1v) is 9.13. The maximum Gasteiger partial charge on any atom is 0.214 e. The Labute approximate surface area is 109 Å². The van der Waals surface area contributed by atoms with Crippen LogP contribution in [0.3, 0.4) is 0 Å². The highest BCUT2D eigenvalue weighted by Gasteiger charge is 2.28. The van der Waals surface area contributed by atoms with Gasteiger partial charge in [0.1, 0.15) is 0 Å². The van der Waals surface area contributed by atoms with Gasteiger partial charge in [-0.05, 0) is 38.0 Å². The van der Waals surface area contributed by atoms with Crippen molar-refractivity contribution in [1.29, 1.82) is 0 Å². The molecular formula is C11H22N2O2S2. The van der Waals surface area contributed by atoms with E-state index in [4.69, 9.17) is 0 Å². The summed E-state index contributed by atoms with van der Waals surface area (Å²) in [4.78, 5) is 0. The van der Waals surface area contributed by atoms with E-state index in [1.165, 1.54) is 12.8 Å². The second kappa shape index (κ2) is 5.91. The second-order valence-corrected chi connectivity index (χ2v) is 8.23. The predicted molar refractivity (Wildman–Crippen MR) is 72.9 cm³/mol. The molecule has 1 atom stereocenters. The van der Waals surface area contributed by atoms with Gasteiger partial charge in [-0.2, -0.15) is 11.8 Å². The Bertz CT molecular complexity index is 335. The molecule has 17 heavy (non-hydrogen) atoms. The Morgan fingerprint density at radius 3 is 2.71 bits per heavy atom. The van der Waals surface area contributed by atoms with Crippen LogP contribution < -0.4 is 5.32 Å². The molecule has 0 bridgehead atoms. The Hall–Kier alpha value is 0.220. The van der Waals surface area contributed by atoms with E-state index in [0.29, 0.717) is 6.04 Å². The highest BCUT2D eigenvalue weighted by atomic mass is 32.2. The van der Waals surface area contributed by atoms with Gasteiger partial charge in [-0.1, -0.05) is 0 Å². The largest absolute Gasteiger partial charge is 0.314 e. The average Bonchev–Trinajstić information content (AvgIpc) is 2.95. The molecule has 2 rings (SSSR count). The van der Waals surface area contributed by atoms with Crippen LogP contribution in [0.4, 0.5) is 0 Å². The van der Waals surface area contributed by atoms with Gasteiger partial charge < -0.3 is 5.32 Å². The smallest absolute Gasteiger partial charge is 0.214 e. The fourth-order valence-electron chi connectivity index (χ4n) is 2.03. The average molecular weight is 278 g/mol. The van der Waals surface area contributed by atoms with Crippen molar-refractivity contribution in [1.82, 2.24) is 9.62 Å². The quantitative estimate of drug-likeness (QED) is 0.703. The van der Waals surface area contributed by atoms with Crippen molar-refractivity contribution in [3.05, 3.63) is 0 Å². The van der Waals surface area contributed by atoms with Gasteiger partial charge in [-0.3, -0.25) is 0 Å². The highest BCUT2D eigenvalue weighted by molar-refractivity contribution is 7.99. The fourth-order valence-corrected chi connectivity index (χ4v) is 4.82. The molecule has 2 fully saturated rings. The van der Waals surface area contributed by atoms with E-state index >= 15 is 0 Å². The molecule has 1 aliphatic carbocycles. The number of nitrogens with one attached hydrogen (secondary N) is 1. The van der Waals surface area contributed by atoms with Gasteiger partial charge in [-0.15, -0.1) is 0 Å². The SMILES string of the molecule is CN(C1CCSC1)S(=O)(=O)CCCNC1CC1. The molecule has 6 heteroatoms. The highest BCUT2D eigenvalue weighted by Crippen LogP contribution is 2.23. The van der Waals surface area contributed by atoms with Crippen LogP contribution in [0.1, 0.15) is 25.7 Å². The molecule has 1 N–H and O–H groups in total. The summed E-state index contributed by atoms with van der Waals surface area (Å²) >= 11 is 1.85. The summed E-state index contributed by atoms with van der Waals surface area (Å²) in [5.74, 6) is 2.33. The van der Waals surface area contributed by atoms with Gasteiger partial charge in [0.15, 0.2) is 0 Å². The number of sulfonamides is 1. The summed E-state index contributed by atoms with van der Waals surface area (Å²) in [6.07, 6.45) is 4.24. The van der Waals surface area contributed by atoms with E-state index in [0.717, 1.165) is 30.9 Å². The zero-order chi connectivity index (χ0) is 12.3. The first-order chi connectivity index (χ1) is 8.09. The lowest BCUT2D eigenvalue weighted by Crippen LogP contribution is -2.39. The van der Waals surface area contributed by atoms with Crippen LogP contribution >= 0.6 is 11.8 Å². The molecule has 0 aromatic carbocycles. The first-order valence-electron chi connectivity index (χ1n) is 6.36. The van der Waals surface area contributed by atoms with E-state index in [2.05, 4.69) is 5.32 Å². The molecule has 100 valence electrons. The number of nitrogens with zero attached hydrogens (tertiary/aromatic N) is 1. The van der Waals surface area contributed by atoms with Crippen LogP contribution in [0.2, 0.25) is 0 Å². The van der Waals surface area contributed by atoms with Gasteiger partial charge >= 0.3 is 0 Å². The van der Waals surface area contributed by atoms with E-state index in [1.807, 2.05) is 11.8 Å². The summed E-state index contributed by atoms with van der Waals surface area (Å²) < 4.78 is 25.7. The summed E-state index contributed by atoms with van der Waals surface area (Å²) in [6.45, 7) is 0.831. The molecule has 1 aliphatic heterocycles. The fraction of sp³-hybridized carbons (Fsp3) is 1.00. The van der Waals surface area contributed by atoms with Crippen molar-refractivity contribution in [2.24, 2.45) is 0 Å². The molecule has 1 saturated carbocycles. The predicted octanol–water partition coefficient (Wildman–Crippen LogP) is 0.896. The summed E-state index contributed by atoms with van der Waals surface area (Å²) in [5, 5.41) is 3.35. The van der Waals surface area contributed by atoms with Gasteiger partial charge in [0.25, 0.3) is 0 Å². The molecule has 0 aromatic rings. The molecule has 0 amide bonds. The number of thioether (sulfide) groups is 1. The van der Waals surface area contributed by atoms with E-state index < -0.39 is 10.0 Å². The van der Waals surface area contributed by atoms with E-state index in [1.54, 1.807) is 11.4 Å². The van der Waals surface area contributed by atoms with E-state index in [9.17, 15) is 8.42 Å². The van der Waals surface area contributed by atoms with Crippen LogP contribution in [0, 0.1) is 0 Å². The van der Waals surface area contributed by atoms with Crippen molar-refractivity contribution in [3.8, 4) is 0 Å². The molecule has 1 saturated heterocycles. The third kappa shape index (κ3) is 4.12.